The van der Waals surface area contributed by atoms with Crippen molar-refractivity contribution in [2.24, 2.45) is 5.92 Å². The molecule has 0 saturated carbocycles. The molecule has 26 heavy (non-hydrogen) atoms. The third-order valence-corrected chi connectivity index (χ3v) is 6.70. The molecule has 0 spiro atoms. The van der Waals surface area contributed by atoms with E-state index in [4.69, 9.17) is 0 Å². The molecule has 1 heterocycles. The minimum Gasteiger partial charge on any atom is -0.351 e. The van der Waals surface area contributed by atoms with E-state index in [2.05, 4.69) is 87.4 Å². The van der Waals surface area contributed by atoms with Gasteiger partial charge in [-0.25, -0.2) is 0 Å². The van der Waals surface area contributed by atoms with Crippen LogP contribution in [0.3, 0.4) is 0 Å². The average Bonchev–Trinajstić information content (AvgIpc) is 3.25. The van der Waals surface area contributed by atoms with Crippen molar-refractivity contribution in [2.75, 3.05) is 7.05 Å². The Bertz CT molecular complexity index is 1010. The largest absolute Gasteiger partial charge is 0.351 e. The average molecular weight is 339 g/mol. The third-order valence-electron chi connectivity index (χ3n) is 6.70. The Hall–Kier alpha value is -2.54. The van der Waals surface area contributed by atoms with E-state index < -0.39 is 0 Å². The lowest BCUT2D eigenvalue weighted by Gasteiger charge is -2.24. The zero-order valence-electron chi connectivity index (χ0n) is 16.0. The lowest BCUT2D eigenvalue weighted by atomic mass is 9.85. The van der Waals surface area contributed by atoms with Crippen LogP contribution < -0.4 is 0 Å². The van der Waals surface area contributed by atoms with Gasteiger partial charge in [0.1, 0.15) is 0 Å². The van der Waals surface area contributed by atoms with Crippen molar-refractivity contribution in [3.63, 3.8) is 0 Å². The van der Waals surface area contributed by atoms with Crippen molar-refractivity contribution in [3.05, 3.63) is 99.0 Å². The van der Waals surface area contributed by atoms with Gasteiger partial charge in [0, 0.05) is 30.3 Å². The second kappa shape index (κ2) is 5.48. The molecule has 1 aliphatic heterocycles. The van der Waals surface area contributed by atoms with Crippen molar-refractivity contribution < 1.29 is 0 Å². The van der Waals surface area contributed by atoms with Gasteiger partial charge in [0.25, 0.3) is 0 Å². The van der Waals surface area contributed by atoms with Crippen LogP contribution in [0.5, 0.6) is 0 Å². The lowest BCUT2D eigenvalue weighted by Crippen LogP contribution is -2.15. The highest BCUT2D eigenvalue weighted by Crippen LogP contribution is 2.47. The summed E-state index contributed by atoms with van der Waals surface area (Å²) in [6.07, 6.45) is 13.1. The minimum absolute atomic E-state index is 0.453. The van der Waals surface area contributed by atoms with Crippen molar-refractivity contribution in [1.29, 1.82) is 0 Å². The van der Waals surface area contributed by atoms with E-state index in [0.717, 1.165) is 6.42 Å². The van der Waals surface area contributed by atoms with Crippen LogP contribution in [-0.2, 0) is 0 Å². The summed E-state index contributed by atoms with van der Waals surface area (Å²) in [5.74, 6) is 0.949. The van der Waals surface area contributed by atoms with Crippen molar-refractivity contribution >= 4 is 6.08 Å². The summed E-state index contributed by atoms with van der Waals surface area (Å²) in [6, 6.07) is 8.81. The summed E-state index contributed by atoms with van der Waals surface area (Å²) in [6.45, 7) is 6.78. The maximum Gasteiger partial charge on any atom is 0.0408 e. The van der Waals surface area contributed by atoms with E-state index >= 15 is 0 Å². The molecule has 0 N–H and O–H groups in total. The molecule has 3 aliphatic carbocycles. The molecule has 130 valence electrons. The Morgan fingerprint density at radius 3 is 2.69 bits per heavy atom. The normalized spacial score (nSPS) is 26.0. The molecule has 2 unspecified atom stereocenters. The second-order valence-corrected chi connectivity index (χ2v) is 8.01. The summed E-state index contributed by atoms with van der Waals surface area (Å²) >= 11 is 0. The fourth-order valence-electron chi connectivity index (χ4n) is 4.92. The number of fused-ring (bicyclic) bond motifs is 3. The van der Waals surface area contributed by atoms with Gasteiger partial charge in [-0.15, -0.1) is 0 Å². The molecule has 1 aromatic carbocycles. The van der Waals surface area contributed by atoms with Crippen LogP contribution in [0.1, 0.15) is 44.2 Å². The van der Waals surface area contributed by atoms with E-state index in [1.165, 1.54) is 50.4 Å². The predicted octanol–water partition coefficient (Wildman–Crippen LogP) is 6.12. The van der Waals surface area contributed by atoms with Gasteiger partial charge in [-0.1, -0.05) is 48.6 Å². The summed E-state index contributed by atoms with van der Waals surface area (Å²) in [4.78, 5) is 2.37. The van der Waals surface area contributed by atoms with Gasteiger partial charge >= 0.3 is 0 Å². The zero-order valence-corrected chi connectivity index (χ0v) is 16.0. The van der Waals surface area contributed by atoms with Crippen LogP contribution in [0, 0.1) is 5.92 Å². The first kappa shape index (κ1) is 15.7. The Kier molecular flexibility index (Phi) is 3.31. The second-order valence-electron chi connectivity index (χ2n) is 8.01. The molecule has 1 heteroatoms. The lowest BCUT2D eigenvalue weighted by molar-refractivity contribution is 0.522. The molecule has 1 aromatic rings. The van der Waals surface area contributed by atoms with Crippen LogP contribution in [0.15, 0.2) is 87.8 Å². The molecule has 0 aromatic heterocycles. The van der Waals surface area contributed by atoms with E-state index in [9.17, 15) is 0 Å². The monoisotopic (exact) mass is 339 g/mol. The molecule has 0 saturated heterocycles. The van der Waals surface area contributed by atoms with E-state index in [0.29, 0.717) is 11.8 Å². The minimum atomic E-state index is 0.453. The molecule has 2 atom stereocenters. The number of allylic oxidation sites excluding steroid dienone is 9. The fourth-order valence-corrected chi connectivity index (χ4v) is 4.92. The SMILES string of the molecule is CC1=CC2=CC3C(=CC2=C1CC1C=Cc2ccccc21)N(C)C(C)=C3C. The van der Waals surface area contributed by atoms with Gasteiger partial charge in [0.15, 0.2) is 0 Å². The molecular formula is C25H25N. The number of benzene rings is 1. The van der Waals surface area contributed by atoms with Gasteiger partial charge < -0.3 is 4.90 Å². The number of rotatable bonds is 2. The van der Waals surface area contributed by atoms with Crippen LogP contribution in [-0.4, -0.2) is 11.9 Å². The van der Waals surface area contributed by atoms with Crippen LogP contribution >= 0.6 is 0 Å². The van der Waals surface area contributed by atoms with Crippen LogP contribution in [0.25, 0.3) is 6.08 Å². The molecule has 1 nitrogen and oxygen atoms in total. The maximum absolute atomic E-state index is 2.47. The first-order valence-corrected chi connectivity index (χ1v) is 9.58. The third kappa shape index (κ3) is 2.10. The Morgan fingerprint density at radius 1 is 1.04 bits per heavy atom. The molecule has 0 radical (unpaired) electrons. The Labute approximate surface area is 156 Å². The fraction of sp³-hybridized carbons (Fsp3) is 0.280. The summed E-state index contributed by atoms with van der Waals surface area (Å²) < 4.78 is 0. The number of hydrogen-bond donors (Lipinski definition) is 0. The van der Waals surface area contributed by atoms with Crippen LogP contribution in [0.2, 0.25) is 0 Å². The smallest absolute Gasteiger partial charge is 0.0408 e. The van der Waals surface area contributed by atoms with Gasteiger partial charge in [-0.05, 0) is 72.3 Å². The van der Waals surface area contributed by atoms with E-state index in [1.54, 1.807) is 0 Å². The Balaban J connectivity index is 1.54. The predicted molar refractivity (Wildman–Crippen MR) is 109 cm³/mol. The molecule has 4 aliphatic rings. The van der Waals surface area contributed by atoms with E-state index in [-0.39, 0.29) is 0 Å². The Morgan fingerprint density at radius 2 is 1.85 bits per heavy atom. The van der Waals surface area contributed by atoms with Gasteiger partial charge in [0.05, 0.1) is 0 Å². The zero-order chi connectivity index (χ0) is 18.0. The van der Waals surface area contributed by atoms with Gasteiger partial charge in [0.2, 0.25) is 0 Å². The summed E-state index contributed by atoms with van der Waals surface area (Å²) in [7, 11) is 2.20. The topological polar surface area (TPSA) is 3.24 Å². The molecular weight excluding hydrogens is 314 g/mol. The van der Waals surface area contributed by atoms with Crippen molar-refractivity contribution in [2.45, 2.75) is 33.1 Å². The van der Waals surface area contributed by atoms with Crippen molar-refractivity contribution in [3.8, 4) is 0 Å². The highest BCUT2D eigenvalue weighted by Gasteiger charge is 2.34. The van der Waals surface area contributed by atoms with Gasteiger partial charge in [-0.3, -0.25) is 0 Å². The number of nitrogens with zero attached hydrogens (tertiary/aromatic N) is 1. The van der Waals surface area contributed by atoms with Gasteiger partial charge in [-0.2, -0.15) is 0 Å². The first-order chi connectivity index (χ1) is 12.5. The quantitative estimate of drug-likeness (QED) is 0.627. The molecule has 0 fully saturated rings. The highest BCUT2D eigenvalue weighted by molar-refractivity contribution is 5.68. The maximum atomic E-state index is 2.47. The standard InChI is InChI=1S/C25H25N/c1-15-11-20-13-23-16(2)17(3)26(4)25(23)14-24(20)22(15)12-19-10-9-18-7-5-6-8-21(18)19/h5-11,13-14,19,23H,12H2,1-4H3. The highest BCUT2D eigenvalue weighted by atomic mass is 15.1. The summed E-state index contributed by atoms with van der Waals surface area (Å²) in [5.41, 5.74) is 13.0. The molecule has 0 bridgehead atoms. The molecule has 5 rings (SSSR count). The molecule has 0 amide bonds. The van der Waals surface area contributed by atoms with Crippen molar-refractivity contribution in [1.82, 2.24) is 4.90 Å². The first-order valence-electron chi connectivity index (χ1n) is 9.58. The summed E-state index contributed by atoms with van der Waals surface area (Å²) in [5, 5.41) is 0. The van der Waals surface area contributed by atoms with Crippen LogP contribution in [0.4, 0.5) is 0 Å². The number of hydrogen-bond acceptors (Lipinski definition) is 1. The van der Waals surface area contributed by atoms with E-state index in [1.807, 2.05) is 0 Å².